The number of carbonyl (C=O) groups excluding carboxylic acids is 1. The van der Waals surface area contributed by atoms with Gasteiger partial charge in [0.2, 0.25) is 0 Å². The second-order valence-electron chi connectivity index (χ2n) is 4.83. The van der Waals surface area contributed by atoms with Gasteiger partial charge in [-0.1, -0.05) is 23.8 Å². The van der Waals surface area contributed by atoms with Crippen LogP contribution in [0.1, 0.15) is 15.9 Å². The Morgan fingerprint density at radius 3 is 2.43 bits per heavy atom. The number of hydrogen-bond acceptors (Lipinski definition) is 4. The lowest BCUT2D eigenvalue weighted by Crippen LogP contribution is -2.12. The highest BCUT2D eigenvalue weighted by atomic mass is 16.1. The smallest absolute Gasteiger partial charge is 0.255 e. The van der Waals surface area contributed by atoms with Crippen molar-refractivity contribution in [3.05, 3.63) is 71.4 Å². The second-order valence-corrected chi connectivity index (χ2v) is 4.83. The van der Waals surface area contributed by atoms with Crippen LogP contribution < -0.4 is 10.6 Å². The summed E-state index contributed by atoms with van der Waals surface area (Å²) in [6.07, 6.45) is 1.32. The van der Waals surface area contributed by atoms with Crippen molar-refractivity contribution in [1.29, 1.82) is 10.5 Å². The summed E-state index contributed by atoms with van der Waals surface area (Å²) in [6.45, 7) is 1.93. The van der Waals surface area contributed by atoms with E-state index in [4.69, 9.17) is 10.5 Å². The van der Waals surface area contributed by atoms with Gasteiger partial charge in [-0.3, -0.25) is 4.79 Å². The molecule has 1 amide bonds. The van der Waals surface area contributed by atoms with E-state index >= 15 is 0 Å². The molecule has 0 saturated heterocycles. The molecular formula is C18H14N4O. The van der Waals surface area contributed by atoms with E-state index in [1.54, 1.807) is 42.5 Å². The normalized spacial score (nSPS) is 9.17. The van der Waals surface area contributed by atoms with Gasteiger partial charge < -0.3 is 10.6 Å². The van der Waals surface area contributed by atoms with Crippen molar-refractivity contribution in [2.45, 2.75) is 6.92 Å². The number of hydrogen-bond donors (Lipinski definition) is 2. The third-order valence-electron chi connectivity index (χ3n) is 3.02. The third-order valence-corrected chi connectivity index (χ3v) is 3.02. The van der Waals surface area contributed by atoms with Gasteiger partial charge in [-0.2, -0.15) is 10.5 Å². The fraction of sp³-hybridized carbons (Fsp3) is 0.0556. The number of carbonyl (C=O) groups is 1. The third kappa shape index (κ3) is 4.45. The van der Waals surface area contributed by atoms with Crippen LogP contribution in [0.4, 0.5) is 11.4 Å². The zero-order valence-electron chi connectivity index (χ0n) is 12.5. The van der Waals surface area contributed by atoms with E-state index in [-0.39, 0.29) is 11.5 Å². The van der Waals surface area contributed by atoms with E-state index in [1.165, 1.54) is 6.20 Å². The zero-order valence-corrected chi connectivity index (χ0v) is 12.5. The highest BCUT2D eigenvalue weighted by molar-refractivity contribution is 6.04. The first kappa shape index (κ1) is 15.8. The molecule has 2 aromatic rings. The highest BCUT2D eigenvalue weighted by Crippen LogP contribution is 2.16. The molecule has 2 N–H and O–H groups in total. The molecule has 0 bridgehead atoms. The maximum absolute atomic E-state index is 12.2. The number of aryl methyl sites for hydroxylation is 1. The molecule has 0 heterocycles. The van der Waals surface area contributed by atoms with Crippen molar-refractivity contribution in [1.82, 2.24) is 0 Å². The zero-order chi connectivity index (χ0) is 16.7. The summed E-state index contributed by atoms with van der Waals surface area (Å²) >= 11 is 0. The lowest BCUT2D eigenvalue weighted by atomic mass is 10.1. The summed E-state index contributed by atoms with van der Waals surface area (Å²) in [6, 6.07) is 17.9. The van der Waals surface area contributed by atoms with Crippen LogP contribution >= 0.6 is 0 Å². The molecule has 0 aliphatic heterocycles. The molecule has 0 atom stereocenters. The maximum Gasteiger partial charge on any atom is 0.255 e. The Morgan fingerprint density at radius 1 is 1.04 bits per heavy atom. The SMILES string of the molecule is Cc1cccc(C(=O)Nc2cccc(NC=C(C#N)C#N)c2)c1. The van der Waals surface area contributed by atoms with Gasteiger partial charge >= 0.3 is 0 Å². The van der Waals surface area contributed by atoms with Crippen LogP contribution in [0.5, 0.6) is 0 Å². The molecule has 0 spiro atoms. The fourth-order valence-electron chi connectivity index (χ4n) is 1.92. The first-order valence-corrected chi connectivity index (χ1v) is 6.87. The minimum Gasteiger partial charge on any atom is -0.360 e. The number of nitrogens with one attached hydrogen (secondary N) is 2. The number of nitriles is 2. The number of allylic oxidation sites excluding steroid dienone is 1. The molecule has 23 heavy (non-hydrogen) atoms. The van der Waals surface area contributed by atoms with Crippen LogP contribution in [0.25, 0.3) is 0 Å². The molecular weight excluding hydrogens is 288 g/mol. The minimum atomic E-state index is -0.198. The van der Waals surface area contributed by atoms with Crippen molar-refractivity contribution in [3.8, 4) is 12.1 Å². The fourth-order valence-corrected chi connectivity index (χ4v) is 1.92. The van der Waals surface area contributed by atoms with Crippen LogP contribution in [0, 0.1) is 29.6 Å². The van der Waals surface area contributed by atoms with E-state index < -0.39 is 0 Å². The lowest BCUT2D eigenvalue weighted by Gasteiger charge is -2.08. The molecule has 0 aliphatic carbocycles. The molecule has 0 fully saturated rings. The molecule has 0 aromatic heterocycles. The molecule has 2 rings (SSSR count). The predicted molar refractivity (Wildman–Crippen MR) is 88.5 cm³/mol. The first-order chi connectivity index (χ1) is 11.1. The van der Waals surface area contributed by atoms with Crippen molar-refractivity contribution < 1.29 is 4.79 Å². The first-order valence-electron chi connectivity index (χ1n) is 6.87. The summed E-state index contributed by atoms with van der Waals surface area (Å²) in [5, 5.41) is 23.0. The summed E-state index contributed by atoms with van der Waals surface area (Å²) < 4.78 is 0. The summed E-state index contributed by atoms with van der Waals surface area (Å²) in [5.41, 5.74) is 2.85. The summed E-state index contributed by atoms with van der Waals surface area (Å²) in [5.74, 6) is -0.198. The van der Waals surface area contributed by atoms with Gasteiger partial charge in [0.15, 0.2) is 0 Å². The van der Waals surface area contributed by atoms with Gasteiger partial charge in [-0.25, -0.2) is 0 Å². The van der Waals surface area contributed by atoms with E-state index in [0.29, 0.717) is 16.9 Å². The number of nitrogens with zero attached hydrogens (tertiary/aromatic N) is 2. The Hall–Kier alpha value is -3.57. The Morgan fingerprint density at radius 2 is 1.74 bits per heavy atom. The van der Waals surface area contributed by atoms with Crippen LogP contribution in [0.2, 0.25) is 0 Å². The standard InChI is InChI=1S/C18H14N4O/c1-13-4-2-5-15(8-13)18(23)22-17-7-3-6-16(9-17)21-12-14(10-19)11-20/h2-9,12,21H,1H3,(H,22,23). The molecule has 5 nitrogen and oxygen atoms in total. The van der Waals surface area contributed by atoms with Crippen molar-refractivity contribution in [2.75, 3.05) is 10.6 Å². The van der Waals surface area contributed by atoms with E-state index in [0.717, 1.165) is 5.56 Å². The number of rotatable bonds is 4. The molecule has 0 radical (unpaired) electrons. The van der Waals surface area contributed by atoms with E-state index in [2.05, 4.69) is 10.6 Å². The Kier molecular flexibility index (Phi) is 5.12. The molecule has 0 saturated carbocycles. The highest BCUT2D eigenvalue weighted by Gasteiger charge is 2.06. The quantitative estimate of drug-likeness (QED) is 0.845. The van der Waals surface area contributed by atoms with E-state index in [9.17, 15) is 4.79 Å². The molecule has 5 heteroatoms. The average Bonchev–Trinajstić information content (AvgIpc) is 2.56. The molecule has 0 aliphatic rings. The second kappa shape index (κ2) is 7.44. The topological polar surface area (TPSA) is 88.7 Å². The Bertz CT molecular complexity index is 825. The van der Waals surface area contributed by atoms with Crippen LogP contribution in [0.15, 0.2) is 60.3 Å². The van der Waals surface area contributed by atoms with E-state index in [1.807, 2.05) is 25.1 Å². The summed E-state index contributed by atoms with van der Waals surface area (Å²) in [4.78, 5) is 12.2. The van der Waals surface area contributed by atoms with Crippen molar-refractivity contribution in [3.63, 3.8) is 0 Å². The van der Waals surface area contributed by atoms with Gasteiger partial charge in [0.25, 0.3) is 5.91 Å². The maximum atomic E-state index is 12.2. The van der Waals surface area contributed by atoms with Crippen molar-refractivity contribution in [2.24, 2.45) is 0 Å². The van der Waals surface area contributed by atoms with Crippen LogP contribution in [-0.4, -0.2) is 5.91 Å². The van der Waals surface area contributed by atoms with Gasteiger partial charge in [-0.05, 0) is 37.3 Å². The largest absolute Gasteiger partial charge is 0.360 e. The summed E-state index contributed by atoms with van der Waals surface area (Å²) in [7, 11) is 0. The van der Waals surface area contributed by atoms with Crippen LogP contribution in [0.3, 0.4) is 0 Å². The lowest BCUT2D eigenvalue weighted by molar-refractivity contribution is 0.102. The van der Waals surface area contributed by atoms with Gasteiger partial charge in [0.1, 0.15) is 17.7 Å². The number of benzene rings is 2. The average molecular weight is 302 g/mol. The van der Waals surface area contributed by atoms with Crippen molar-refractivity contribution >= 4 is 17.3 Å². The predicted octanol–water partition coefficient (Wildman–Crippen LogP) is 3.59. The number of anilines is 2. The molecule has 2 aromatic carbocycles. The van der Waals surface area contributed by atoms with Crippen LogP contribution in [-0.2, 0) is 0 Å². The monoisotopic (exact) mass is 302 g/mol. The molecule has 112 valence electrons. The van der Waals surface area contributed by atoms with Gasteiger partial charge in [0, 0.05) is 23.1 Å². The minimum absolute atomic E-state index is 0.0285. The number of amides is 1. The Balaban J connectivity index is 2.12. The molecule has 0 unspecified atom stereocenters. The Labute approximate surface area is 134 Å². The van der Waals surface area contributed by atoms with Gasteiger partial charge in [-0.15, -0.1) is 0 Å². The van der Waals surface area contributed by atoms with Gasteiger partial charge in [0.05, 0.1) is 0 Å².